The van der Waals surface area contributed by atoms with Crippen LogP contribution in [0.5, 0.6) is 11.5 Å². The van der Waals surface area contributed by atoms with E-state index < -0.39 is 5.25 Å². The Morgan fingerprint density at radius 2 is 2.00 bits per heavy atom. The van der Waals surface area contributed by atoms with E-state index in [1.165, 1.54) is 18.9 Å². The van der Waals surface area contributed by atoms with Crippen LogP contribution in [0.25, 0.3) is 0 Å². The van der Waals surface area contributed by atoms with Gasteiger partial charge in [-0.2, -0.15) is 0 Å². The highest BCUT2D eigenvalue weighted by Gasteiger charge is 2.35. The number of benzene rings is 2. The lowest BCUT2D eigenvalue weighted by Gasteiger charge is -2.31. The summed E-state index contributed by atoms with van der Waals surface area (Å²) in [6.07, 6.45) is 1.03. The van der Waals surface area contributed by atoms with Gasteiger partial charge in [0.1, 0.15) is 16.7 Å². The highest BCUT2D eigenvalue weighted by Crippen LogP contribution is 2.33. The number of hydrogen-bond donors (Lipinski definition) is 1. The zero-order valence-corrected chi connectivity index (χ0v) is 19.8. The fourth-order valence-corrected chi connectivity index (χ4v) is 4.48. The molecule has 0 radical (unpaired) electrons. The first-order valence-corrected chi connectivity index (χ1v) is 11.6. The van der Waals surface area contributed by atoms with E-state index in [0.29, 0.717) is 40.5 Å². The number of hydrogen-bond acceptors (Lipinski definition) is 6. The number of nitrogens with zero attached hydrogens (tertiary/aromatic N) is 2. The lowest BCUT2D eigenvalue weighted by Crippen LogP contribution is -2.45. The van der Waals surface area contributed by atoms with Crippen LogP contribution in [0.3, 0.4) is 0 Å². The molecule has 0 bridgehead atoms. The van der Waals surface area contributed by atoms with Gasteiger partial charge < -0.3 is 14.8 Å². The number of amidine groups is 1. The zero-order valence-electron chi connectivity index (χ0n) is 18.3. The van der Waals surface area contributed by atoms with Crippen LogP contribution >= 0.6 is 23.4 Å². The molecule has 1 aliphatic heterocycles. The Morgan fingerprint density at radius 3 is 2.62 bits per heavy atom. The number of anilines is 1. The van der Waals surface area contributed by atoms with Crippen molar-refractivity contribution in [3.63, 3.8) is 0 Å². The quantitative estimate of drug-likeness (QED) is 0.573. The van der Waals surface area contributed by atoms with Crippen molar-refractivity contribution in [2.24, 2.45) is 4.99 Å². The van der Waals surface area contributed by atoms with E-state index in [2.05, 4.69) is 10.3 Å². The van der Waals surface area contributed by atoms with Gasteiger partial charge in [-0.15, -0.1) is 0 Å². The first-order chi connectivity index (χ1) is 15.4. The first kappa shape index (κ1) is 23.9. The Balaban J connectivity index is 1.74. The van der Waals surface area contributed by atoms with Crippen molar-refractivity contribution < 1.29 is 19.1 Å². The van der Waals surface area contributed by atoms with E-state index in [-0.39, 0.29) is 18.2 Å². The van der Waals surface area contributed by atoms with Gasteiger partial charge in [-0.3, -0.25) is 14.5 Å². The van der Waals surface area contributed by atoms with Gasteiger partial charge in [0, 0.05) is 18.7 Å². The van der Waals surface area contributed by atoms with Crippen molar-refractivity contribution in [2.75, 3.05) is 25.6 Å². The number of amides is 2. The topological polar surface area (TPSA) is 80.2 Å². The Kier molecular flexibility index (Phi) is 8.41. The van der Waals surface area contributed by atoms with E-state index in [1.807, 2.05) is 26.0 Å². The number of methoxy groups -OCH3 is 1. The summed E-state index contributed by atoms with van der Waals surface area (Å²) in [7, 11) is 1.54. The molecule has 2 aromatic carbocycles. The molecule has 0 saturated carbocycles. The van der Waals surface area contributed by atoms with Gasteiger partial charge >= 0.3 is 0 Å². The lowest BCUT2D eigenvalue weighted by atomic mass is 10.2. The first-order valence-electron chi connectivity index (χ1n) is 10.4. The van der Waals surface area contributed by atoms with Crippen molar-refractivity contribution in [2.45, 2.75) is 31.9 Å². The minimum Gasteiger partial charge on any atom is -0.495 e. The summed E-state index contributed by atoms with van der Waals surface area (Å²) >= 11 is 7.46. The van der Waals surface area contributed by atoms with Crippen LogP contribution in [-0.4, -0.2) is 47.4 Å². The Bertz CT molecular complexity index is 997. The molecule has 1 aliphatic rings. The lowest BCUT2D eigenvalue weighted by molar-refractivity contribution is -0.129. The maximum absolute atomic E-state index is 12.9. The van der Waals surface area contributed by atoms with Crippen LogP contribution < -0.4 is 14.8 Å². The third-order valence-electron chi connectivity index (χ3n) is 4.70. The number of ether oxygens (including phenoxy) is 2. The number of carbonyl (C=O) groups is 2. The molecule has 1 N–H and O–H groups in total. The Morgan fingerprint density at radius 1 is 1.25 bits per heavy atom. The maximum Gasteiger partial charge on any atom is 0.238 e. The molecule has 1 unspecified atom stereocenters. The number of thioether (sulfide) groups is 1. The van der Waals surface area contributed by atoms with Crippen molar-refractivity contribution in [3.05, 3.63) is 47.5 Å². The molecule has 0 aromatic heterocycles. The number of halogens is 1. The molecule has 9 heteroatoms. The number of rotatable bonds is 8. The summed E-state index contributed by atoms with van der Waals surface area (Å²) in [6, 6.07) is 12.3. The minimum atomic E-state index is -0.589. The van der Waals surface area contributed by atoms with Crippen LogP contribution in [0.4, 0.5) is 11.4 Å². The predicted octanol–water partition coefficient (Wildman–Crippen LogP) is 5.12. The van der Waals surface area contributed by atoms with Crippen molar-refractivity contribution in [3.8, 4) is 11.5 Å². The predicted molar refractivity (Wildman–Crippen MR) is 129 cm³/mol. The SMILES string of the molecule is CCCOc1ccc(NC(=O)C2CC(=O)N(CC)C(=Nc3ccc(OC)c(Cl)c3)S2)cc1. The molecule has 1 saturated heterocycles. The van der Waals surface area contributed by atoms with Gasteiger partial charge in [-0.25, -0.2) is 4.99 Å². The Hall–Kier alpha value is -2.71. The molecule has 2 amide bonds. The van der Waals surface area contributed by atoms with Gasteiger partial charge in [-0.1, -0.05) is 30.3 Å². The number of carbonyl (C=O) groups excluding carboxylic acids is 2. The minimum absolute atomic E-state index is 0.102. The Labute approximate surface area is 197 Å². The fraction of sp³-hybridized carbons (Fsp3) is 0.348. The summed E-state index contributed by atoms with van der Waals surface area (Å²) in [5.41, 5.74) is 1.22. The number of nitrogens with one attached hydrogen (secondary N) is 1. The molecule has 0 spiro atoms. The monoisotopic (exact) mass is 475 g/mol. The molecule has 170 valence electrons. The standard InChI is InChI=1S/C23H26ClN3O4S/c1-4-12-31-17-9-6-15(7-10-17)25-22(29)20-14-21(28)27(5-2)23(32-20)26-16-8-11-19(30-3)18(24)13-16/h6-11,13,20H,4-5,12,14H2,1-3H3,(H,25,29). The summed E-state index contributed by atoms with van der Waals surface area (Å²) in [6.45, 7) is 5.01. The molecule has 7 nitrogen and oxygen atoms in total. The second-order valence-electron chi connectivity index (χ2n) is 7.02. The normalized spacial score (nSPS) is 17.4. The summed E-state index contributed by atoms with van der Waals surface area (Å²) in [5.74, 6) is 0.895. The molecule has 1 atom stereocenters. The molecular weight excluding hydrogens is 450 g/mol. The second-order valence-corrected chi connectivity index (χ2v) is 8.60. The highest BCUT2D eigenvalue weighted by atomic mass is 35.5. The van der Waals surface area contributed by atoms with Crippen LogP contribution in [0.1, 0.15) is 26.7 Å². The smallest absolute Gasteiger partial charge is 0.238 e. The summed E-state index contributed by atoms with van der Waals surface area (Å²) < 4.78 is 10.7. The van der Waals surface area contributed by atoms with Gasteiger partial charge in [-0.05, 0) is 55.8 Å². The molecular formula is C23H26ClN3O4S. The van der Waals surface area contributed by atoms with Crippen LogP contribution in [0.2, 0.25) is 5.02 Å². The van der Waals surface area contributed by atoms with E-state index in [1.54, 1.807) is 35.2 Å². The summed E-state index contributed by atoms with van der Waals surface area (Å²) in [5, 5.41) is 3.18. The van der Waals surface area contributed by atoms with Crippen LogP contribution in [-0.2, 0) is 9.59 Å². The maximum atomic E-state index is 12.9. The van der Waals surface area contributed by atoms with E-state index in [4.69, 9.17) is 21.1 Å². The van der Waals surface area contributed by atoms with E-state index in [0.717, 1.165) is 12.2 Å². The summed E-state index contributed by atoms with van der Waals surface area (Å²) in [4.78, 5) is 31.7. The van der Waals surface area contributed by atoms with Crippen LogP contribution in [0, 0.1) is 0 Å². The van der Waals surface area contributed by atoms with Gasteiger partial charge in [0.05, 0.1) is 24.4 Å². The van der Waals surface area contributed by atoms with Gasteiger partial charge in [0.2, 0.25) is 11.8 Å². The molecule has 1 heterocycles. The second kappa shape index (κ2) is 11.2. The van der Waals surface area contributed by atoms with Crippen molar-refractivity contribution in [1.29, 1.82) is 0 Å². The molecule has 0 aliphatic carbocycles. The molecule has 32 heavy (non-hydrogen) atoms. The highest BCUT2D eigenvalue weighted by molar-refractivity contribution is 8.15. The number of aliphatic imine (C=N–C) groups is 1. The largest absolute Gasteiger partial charge is 0.495 e. The fourth-order valence-electron chi connectivity index (χ4n) is 3.06. The third-order valence-corrected chi connectivity index (χ3v) is 6.19. The van der Waals surface area contributed by atoms with Crippen LogP contribution in [0.15, 0.2) is 47.5 Å². The average molecular weight is 476 g/mol. The van der Waals surface area contributed by atoms with Crippen molar-refractivity contribution >= 4 is 51.7 Å². The third kappa shape index (κ3) is 5.95. The van der Waals surface area contributed by atoms with E-state index >= 15 is 0 Å². The van der Waals surface area contributed by atoms with Gasteiger partial charge in [0.15, 0.2) is 5.17 Å². The molecule has 3 rings (SSSR count). The average Bonchev–Trinajstić information content (AvgIpc) is 2.78. The van der Waals surface area contributed by atoms with Gasteiger partial charge in [0.25, 0.3) is 0 Å². The van der Waals surface area contributed by atoms with Crippen molar-refractivity contribution in [1.82, 2.24) is 4.90 Å². The zero-order chi connectivity index (χ0) is 23.1. The molecule has 1 fully saturated rings. The molecule has 2 aromatic rings. The van der Waals surface area contributed by atoms with E-state index in [9.17, 15) is 9.59 Å².